The Morgan fingerprint density at radius 1 is 1.17 bits per heavy atom. The highest BCUT2D eigenvalue weighted by Crippen LogP contribution is 2.37. The van der Waals surface area contributed by atoms with Crippen LogP contribution in [0, 0.1) is 11.8 Å². The Morgan fingerprint density at radius 2 is 1.86 bits per heavy atom. The summed E-state index contributed by atoms with van der Waals surface area (Å²) in [6.45, 7) is 3.55. The average molecular weight is 500 g/mol. The van der Waals surface area contributed by atoms with E-state index in [2.05, 4.69) is 5.32 Å². The Morgan fingerprint density at radius 3 is 2.50 bits per heavy atom. The van der Waals surface area contributed by atoms with Crippen LogP contribution in [0.3, 0.4) is 0 Å². The van der Waals surface area contributed by atoms with Gasteiger partial charge in [-0.05, 0) is 30.9 Å². The zero-order valence-corrected chi connectivity index (χ0v) is 21.1. The van der Waals surface area contributed by atoms with Crippen LogP contribution >= 0.6 is 0 Å². The molecule has 2 fully saturated rings. The normalized spacial score (nSPS) is 21.9. The Hall–Kier alpha value is -3.14. The second-order valence-corrected chi connectivity index (χ2v) is 10.0. The van der Waals surface area contributed by atoms with Gasteiger partial charge < -0.3 is 30.2 Å². The van der Waals surface area contributed by atoms with E-state index in [9.17, 15) is 24.6 Å². The number of carbonyl (C=O) groups is 3. The van der Waals surface area contributed by atoms with Crippen LogP contribution in [0.15, 0.2) is 29.3 Å². The molecule has 2 heterocycles. The first-order valence-corrected chi connectivity index (χ1v) is 13.0. The van der Waals surface area contributed by atoms with Gasteiger partial charge in [0.15, 0.2) is 0 Å². The summed E-state index contributed by atoms with van der Waals surface area (Å²) in [5, 5.41) is 23.0. The summed E-state index contributed by atoms with van der Waals surface area (Å²) in [5.41, 5.74) is 1.43. The fourth-order valence-electron chi connectivity index (χ4n) is 4.97. The summed E-state index contributed by atoms with van der Waals surface area (Å²) < 4.78 is 0. The summed E-state index contributed by atoms with van der Waals surface area (Å²) >= 11 is 0. The molecule has 3 N–H and O–H groups in total. The average Bonchev–Trinajstić information content (AvgIpc) is 3.72. The fourth-order valence-corrected chi connectivity index (χ4v) is 4.97. The molecule has 3 aliphatic rings. The molecule has 10 nitrogen and oxygen atoms in total. The molecular weight excluding hydrogens is 462 g/mol. The molecule has 3 atom stereocenters. The van der Waals surface area contributed by atoms with Crippen molar-refractivity contribution < 1.29 is 24.6 Å². The number of aliphatic hydroxyl groups is 1. The number of carboxylic acid groups (broad SMARTS) is 1. The molecule has 10 heteroatoms. The Labute approximate surface area is 212 Å². The number of fused-ring (bicyclic) bond motifs is 1. The lowest BCUT2D eigenvalue weighted by atomic mass is 9.91. The molecule has 2 aliphatic heterocycles. The van der Waals surface area contributed by atoms with Crippen LogP contribution in [0.5, 0.6) is 0 Å². The van der Waals surface area contributed by atoms with Gasteiger partial charge >= 0.3 is 6.09 Å². The molecule has 1 aliphatic carbocycles. The number of nitrogens with zero attached hydrogens (tertiary/aromatic N) is 4. The maximum atomic E-state index is 13.4. The van der Waals surface area contributed by atoms with E-state index in [1.807, 2.05) is 36.1 Å². The number of aliphatic hydroxyl groups excluding tert-OH is 1. The first kappa shape index (κ1) is 25.9. The van der Waals surface area contributed by atoms with Gasteiger partial charge in [-0.2, -0.15) is 0 Å². The molecule has 1 saturated heterocycles. The fraction of sp³-hybridized carbons (Fsp3) is 0.615. The molecule has 0 aromatic heterocycles. The van der Waals surface area contributed by atoms with Gasteiger partial charge in [0.1, 0.15) is 5.84 Å². The Kier molecular flexibility index (Phi) is 8.13. The Bertz CT molecular complexity index is 1000. The van der Waals surface area contributed by atoms with Gasteiger partial charge in [-0.3, -0.25) is 9.59 Å². The summed E-state index contributed by atoms with van der Waals surface area (Å²) in [5.74, 6) is -0.280. The monoisotopic (exact) mass is 499 g/mol. The number of benzodiazepines with no additional fused rings is 1. The first-order valence-electron chi connectivity index (χ1n) is 13.0. The van der Waals surface area contributed by atoms with E-state index in [0.29, 0.717) is 56.5 Å². The second-order valence-electron chi connectivity index (χ2n) is 10.0. The molecule has 1 aromatic carbocycles. The predicted molar refractivity (Wildman–Crippen MR) is 136 cm³/mol. The van der Waals surface area contributed by atoms with Crippen molar-refractivity contribution in [3.8, 4) is 0 Å². The number of amides is 3. The highest BCUT2D eigenvalue weighted by molar-refractivity contribution is 6.12. The van der Waals surface area contributed by atoms with Gasteiger partial charge in [0, 0.05) is 38.8 Å². The van der Waals surface area contributed by atoms with Crippen molar-refractivity contribution in [1.29, 1.82) is 0 Å². The van der Waals surface area contributed by atoms with Crippen LogP contribution in [-0.2, 0) is 9.59 Å². The number of benzene rings is 1. The summed E-state index contributed by atoms with van der Waals surface area (Å²) in [6, 6.07) is 7.44. The quantitative estimate of drug-likeness (QED) is 0.503. The zero-order valence-electron chi connectivity index (χ0n) is 21.1. The van der Waals surface area contributed by atoms with Crippen molar-refractivity contribution in [3.63, 3.8) is 0 Å². The SMILES string of the molecule is CCCCC(O)C(CC1CC1)C(=O)NC1N=C(N2CCN(C(=O)O)CC2)c2ccccc2N(C)C1=O. The molecule has 3 unspecified atom stereocenters. The third-order valence-electron chi connectivity index (χ3n) is 7.39. The third kappa shape index (κ3) is 5.80. The number of nitrogens with one attached hydrogen (secondary N) is 1. The molecule has 196 valence electrons. The van der Waals surface area contributed by atoms with Crippen LogP contribution in [0.4, 0.5) is 10.5 Å². The maximum absolute atomic E-state index is 13.4. The number of piperazine rings is 1. The van der Waals surface area contributed by atoms with Crippen LogP contribution in [-0.4, -0.2) is 89.3 Å². The molecule has 3 amide bonds. The van der Waals surface area contributed by atoms with E-state index in [4.69, 9.17) is 4.99 Å². The largest absolute Gasteiger partial charge is 0.465 e. The van der Waals surface area contributed by atoms with Crippen LogP contribution in [0.25, 0.3) is 0 Å². The summed E-state index contributed by atoms with van der Waals surface area (Å²) in [6.07, 6.45) is 2.21. The minimum Gasteiger partial charge on any atom is -0.465 e. The number of amidine groups is 1. The van der Waals surface area contributed by atoms with Crippen molar-refractivity contribution in [2.45, 2.75) is 57.7 Å². The van der Waals surface area contributed by atoms with E-state index >= 15 is 0 Å². The van der Waals surface area contributed by atoms with Gasteiger partial charge in [-0.25, -0.2) is 9.79 Å². The lowest BCUT2D eigenvalue weighted by Crippen LogP contribution is -2.52. The van der Waals surface area contributed by atoms with Crippen LogP contribution in [0.2, 0.25) is 0 Å². The standard InChI is InChI=1S/C26H37N5O5/c1-3-4-9-21(32)19(16-17-10-11-17)24(33)28-22-25(34)29(2)20-8-6-5-7-18(20)23(27-22)30-12-14-31(15-13-30)26(35)36/h5-8,17,19,21-22,32H,3-4,9-16H2,1-2H3,(H,28,33)(H,35,36). The van der Waals surface area contributed by atoms with E-state index in [-0.39, 0.29) is 11.8 Å². The van der Waals surface area contributed by atoms with Crippen molar-refractivity contribution >= 4 is 29.4 Å². The van der Waals surface area contributed by atoms with E-state index in [1.54, 1.807) is 7.05 Å². The van der Waals surface area contributed by atoms with Crippen molar-refractivity contribution in [1.82, 2.24) is 15.1 Å². The highest BCUT2D eigenvalue weighted by atomic mass is 16.4. The third-order valence-corrected chi connectivity index (χ3v) is 7.39. The lowest BCUT2D eigenvalue weighted by molar-refractivity contribution is -0.133. The molecule has 1 aromatic rings. The number of para-hydroxylation sites is 1. The van der Waals surface area contributed by atoms with Gasteiger partial charge in [0.25, 0.3) is 5.91 Å². The van der Waals surface area contributed by atoms with Crippen molar-refractivity contribution in [2.24, 2.45) is 16.8 Å². The second kappa shape index (κ2) is 11.3. The number of rotatable bonds is 8. The van der Waals surface area contributed by atoms with Crippen LogP contribution in [0.1, 0.15) is 51.0 Å². The smallest absolute Gasteiger partial charge is 0.407 e. The molecule has 1 saturated carbocycles. The Balaban J connectivity index is 1.60. The topological polar surface area (TPSA) is 126 Å². The molecule has 4 rings (SSSR count). The number of anilines is 1. The number of likely N-dealkylation sites (N-methyl/N-ethyl adjacent to an activating group) is 1. The van der Waals surface area contributed by atoms with E-state index in [0.717, 1.165) is 31.2 Å². The van der Waals surface area contributed by atoms with E-state index in [1.165, 1.54) is 9.80 Å². The van der Waals surface area contributed by atoms with Crippen LogP contribution < -0.4 is 10.2 Å². The molecular formula is C26H37N5O5. The number of hydrogen-bond donors (Lipinski definition) is 3. The minimum absolute atomic E-state index is 0.324. The highest BCUT2D eigenvalue weighted by Gasteiger charge is 2.38. The summed E-state index contributed by atoms with van der Waals surface area (Å²) in [7, 11) is 1.67. The van der Waals surface area contributed by atoms with Gasteiger partial charge in [0.2, 0.25) is 12.1 Å². The zero-order chi connectivity index (χ0) is 25.8. The van der Waals surface area contributed by atoms with Crippen molar-refractivity contribution in [3.05, 3.63) is 29.8 Å². The maximum Gasteiger partial charge on any atom is 0.407 e. The molecule has 0 bridgehead atoms. The van der Waals surface area contributed by atoms with E-state index < -0.39 is 24.3 Å². The first-order chi connectivity index (χ1) is 17.3. The van der Waals surface area contributed by atoms with Gasteiger partial charge in [-0.1, -0.05) is 44.7 Å². The van der Waals surface area contributed by atoms with Gasteiger partial charge in [-0.15, -0.1) is 0 Å². The number of unbranched alkanes of at least 4 members (excludes halogenated alkanes) is 1. The summed E-state index contributed by atoms with van der Waals surface area (Å²) in [4.78, 5) is 47.8. The minimum atomic E-state index is -1.14. The van der Waals surface area contributed by atoms with Gasteiger partial charge in [0.05, 0.1) is 17.7 Å². The number of carbonyl (C=O) groups excluding carboxylic acids is 2. The number of hydrogen-bond acceptors (Lipinski definition) is 6. The predicted octanol–water partition coefficient (Wildman–Crippen LogP) is 2.11. The molecule has 36 heavy (non-hydrogen) atoms. The lowest BCUT2D eigenvalue weighted by Gasteiger charge is -2.35. The van der Waals surface area contributed by atoms with Crippen molar-refractivity contribution in [2.75, 3.05) is 38.1 Å². The molecule has 0 spiro atoms. The molecule has 0 radical (unpaired) electrons. The number of aliphatic imine (C=N–C) groups is 1.